The predicted molar refractivity (Wildman–Crippen MR) is 87.2 cm³/mol. The van der Waals surface area contributed by atoms with Crippen molar-refractivity contribution in [3.63, 3.8) is 0 Å². The minimum atomic E-state index is 0.491. The second-order valence-corrected chi connectivity index (χ2v) is 4.78. The van der Waals surface area contributed by atoms with Crippen LogP contribution in [-0.2, 0) is 0 Å². The summed E-state index contributed by atoms with van der Waals surface area (Å²) >= 11 is 0. The Labute approximate surface area is 128 Å². The van der Waals surface area contributed by atoms with Gasteiger partial charge in [-0.25, -0.2) is 4.98 Å². The highest BCUT2D eigenvalue weighted by Crippen LogP contribution is 2.21. The minimum Gasteiger partial charge on any atom is -0.494 e. The number of H-pyrrole nitrogens is 1. The first-order chi connectivity index (χ1) is 10.8. The smallest absolute Gasteiger partial charge is 0.149 e. The molecule has 0 spiro atoms. The third kappa shape index (κ3) is 2.84. The van der Waals surface area contributed by atoms with Crippen LogP contribution in [0.3, 0.4) is 0 Å². The van der Waals surface area contributed by atoms with Gasteiger partial charge in [0.05, 0.1) is 23.2 Å². The molecule has 0 saturated heterocycles. The van der Waals surface area contributed by atoms with Crippen LogP contribution in [0.4, 0.5) is 0 Å². The maximum absolute atomic E-state index is 9.43. The van der Waals surface area contributed by atoms with Crippen LogP contribution >= 0.6 is 0 Å². The molecule has 0 aliphatic carbocycles. The van der Waals surface area contributed by atoms with Gasteiger partial charge in [-0.2, -0.15) is 5.26 Å². The molecule has 0 radical (unpaired) electrons. The van der Waals surface area contributed by atoms with Crippen LogP contribution in [0.1, 0.15) is 18.3 Å². The summed E-state index contributed by atoms with van der Waals surface area (Å²) in [4.78, 5) is 7.63. The molecule has 0 atom stereocenters. The number of para-hydroxylation sites is 2. The van der Waals surface area contributed by atoms with Gasteiger partial charge in [0.15, 0.2) is 0 Å². The van der Waals surface area contributed by atoms with E-state index < -0.39 is 0 Å². The summed E-state index contributed by atoms with van der Waals surface area (Å²) in [5.74, 6) is 1.36. The summed E-state index contributed by atoms with van der Waals surface area (Å²) < 4.78 is 5.48. The fourth-order valence-electron chi connectivity index (χ4n) is 2.26. The Morgan fingerprint density at radius 2 is 2.14 bits per heavy atom. The number of fused-ring (bicyclic) bond motifs is 1. The predicted octanol–water partition coefficient (Wildman–Crippen LogP) is 4.03. The van der Waals surface area contributed by atoms with Gasteiger partial charge in [0.2, 0.25) is 0 Å². The Morgan fingerprint density at radius 3 is 2.91 bits per heavy atom. The average molecular weight is 289 g/mol. The number of allylic oxidation sites excluding steroid dienone is 1. The van der Waals surface area contributed by atoms with Crippen molar-refractivity contribution in [2.45, 2.75) is 6.92 Å². The standard InChI is InChI=1S/C18H15N3O/c1-2-22-15-7-5-6-13(11-15)10-14(12-19)18-20-16-8-3-4-9-17(16)21-18/h3-11H,2H2,1H3,(H,20,21)/b14-10+. The van der Waals surface area contributed by atoms with Gasteiger partial charge in [0, 0.05) is 0 Å². The molecule has 3 aromatic rings. The largest absolute Gasteiger partial charge is 0.494 e. The summed E-state index contributed by atoms with van der Waals surface area (Å²) in [6.45, 7) is 2.56. The summed E-state index contributed by atoms with van der Waals surface area (Å²) in [6.07, 6.45) is 1.81. The van der Waals surface area contributed by atoms with Gasteiger partial charge in [-0.3, -0.25) is 0 Å². The van der Waals surface area contributed by atoms with Crippen LogP contribution in [0, 0.1) is 11.3 Å². The van der Waals surface area contributed by atoms with E-state index in [0.717, 1.165) is 22.3 Å². The average Bonchev–Trinajstić information content (AvgIpc) is 2.97. The molecule has 2 aromatic carbocycles. The molecule has 4 nitrogen and oxygen atoms in total. The first-order valence-corrected chi connectivity index (χ1v) is 7.10. The van der Waals surface area contributed by atoms with E-state index in [0.29, 0.717) is 18.0 Å². The van der Waals surface area contributed by atoms with E-state index in [9.17, 15) is 5.26 Å². The maximum Gasteiger partial charge on any atom is 0.149 e. The summed E-state index contributed by atoms with van der Waals surface area (Å²) in [6, 6.07) is 17.6. The molecule has 4 heteroatoms. The number of hydrogen-bond acceptors (Lipinski definition) is 3. The molecule has 1 heterocycles. The second-order valence-electron chi connectivity index (χ2n) is 4.78. The number of nitrogens with zero attached hydrogens (tertiary/aromatic N) is 2. The molecule has 108 valence electrons. The van der Waals surface area contributed by atoms with Crippen molar-refractivity contribution < 1.29 is 4.74 Å². The molecule has 1 N–H and O–H groups in total. The summed E-state index contributed by atoms with van der Waals surface area (Å²) in [5.41, 5.74) is 3.16. The van der Waals surface area contributed by atoms with Crippen molar-refractivity contribution in [3.8, 4) is 11.8 Å². The fraction of sp³-hybridized carbons (Fsp3) is 0.111. The molecule has 0 saturated carbocycles. The molecular formula is C18H15N3O. The zero-order valence-corrected chi connectivity index (χ0v) is 12.2. The topological polar surface area (TPSA) is 61.7 Å². The van der Waals surface area contributed by atoms with Gasteiger partial charge < -0.3 is 9.72 Å². The van der Waals surface area contributed by atoms with Gasteiger partial charge in [0.1, 0.15) is 17.6 Å². The highest BCUT2D eigenvalue weighted by molar-refractivity contribution is 5.90. The summed E-state index contributed by atoms with van der Waals surface area (Å²) in [7, 11) is 0. The third-order valence-corrected chi connectivity index (χ3v) is 3.25. The van der Waals surface area contributed by atoms with Crippen molar-refractivity contribution in [2.24, 2.45) is 0 Å². The van der Waals surface area contributed by atoms with E-state index >= 15 is 0 Å². The maximum atomic E-state index is 9.43. The molecule has 0 bridgehead atoms. The second kappa shape index (κ2) is 6.15. The number of rotatable bonds is 4. The lowest BCUT2D eigenvalue weighted by atomic mass is 10.1. The van der Waals surface area contributed by atoms with E-state index in [1.807, 2.05) is 55.5 Å². The lowest BCUT2D eigenvalue weighted by Gasteiger charge is -2.03. The van der Waals surface area contributed by atoms with Crippen molar-refractivity contribution in [2.75, 3.05) is 6.61 Å². The Balaban J connectivity index is 1.99. The lowest BCUT2D eigenvalue weighted by molar-refractivity contribution is 0.340. The molecule has 3 rings (SSSR count). The first kappa shape index (κ1) is 13.9. The van der Waals surface area contributed by atoms with Gasteiger partial charge in [-0.1, -0.05) is 24.3 Å². The van der Waals surface area contributed by atoms with Crippen LogP contribution in [0.2, 0.25) is 0 Å². The lowest BCUT2D eigenvalue weighted by Crippen LogP contribution is -1.91. The SMILES string of the molecule is CCOc1cccc(/C=C(\C#N)c2nc3ccccc3[nH]2)c1. The van der Waals surface area contributed by atoms with Gasteiger partial charge >= 0.3 is 0 Å². The molecule has 0 unspecified atom stereocenters. The highest BCUT2D eigenvalue weighted by Gasteiger charge is 2.07. The van der Waals surface area contributed by atoms with Crippen LogP contribution in [0.15, 0.2) is 48.5 Å². The van der Waals surface area contributed by atoms with E-state index in [1.54, 1.807) is 6.08 Å². The van der Waals surface area contributed by atoms with E-state index in [2.05, 4.69) is 16.0 Å². The normalized spacial score (nSPS) is 11.4. The van der Waals surface area contributed by atoms with Crippen LogP contribution < -0.4 is 4.74 Å². The molecule has 1 aromatic heterocycles. The number of benzene rings is 2. The van der Waals surface area contributed by atoms with E-state index in [-0.39, 0.29) is 0 Å². The molecule has 22 heavy (non-hydrogen) atoms. The van der Waals surface area contributed by atoms with Gasteiger partial charge in [-0.15, -0.1) is 0 Å². The Kier molecular flexibility index (Phi) is 3.88. The van der Waals surface area contributed by atoms with E-state index in [1.165, 1.54) is 0 Å². The number of aromatic amines is 1. The first-order valence-electron chi connectivity index (χ1n) is 7.10. The quantitative estimate of drug-likeness (QED) is 0.738. The number of nitriles is 1. The molecule has 0 fully saturated rings. The van der Waals surface area contributed by atoms with Crippen molar-refractivity contribution in [3.05, 3.63) is 59.9 Å². The molecule has 0 aliphatic heterocycles. The van der Waals surface area contributed by atoms with Crippen molar-refractivity contribution >= 4 is 22.7 Å². The molecule has 0 aliphatic rings. The van der Waals surface area contributed by atoms with Gasteiger partial charge in [-0.05, 0) is 42.8 Å². The summed E-state index contributed by atoms with van der Waals surface area (Å²) in [5, 5.41) is 9.43. The number of imidazole rings is 1. The zero-order chi connectivity index (χ0) is 15.4. The van der Waals surface area contributed by atoms with Gasteiger partial charge in [0.25, 0.3) is 0 Å². The van der Waals surface area contributed by atoms with E-state index in [4.69, 9.17) is 4.74 Å². The van der Waals surface area contributed by atoms with Crippen LogP contribution in [-0.4, -0.2) is 16.6 Å². The molecule has 0 amide bonds. The Bertz CT molecular complexity index is 838. The van der Waals surface area contributed by atoms with Crippen LogP contribution in [0.5, 0.6) is 5.75 Å². The fourth-order valence-corrected chi connectivity index (χ4v) is 2.26. The molecular weight excluding hydrogens is 274 g/mol. The van der Waals surface area contributed by atoms with Crippen molar-refractivity contribution in [1.29, 1.82) is 5.26 Å². The van der Waals surface area contributed by atoms with Crippen LogP contribution in [0.25, 0.3) is 22.7 Å². The number of ether oxygens (including phenoxy) is 1. The third-order valence-electron chi connectivity index (χ3n) is 3.25. The highest BCUT2D eigenvalue weighted by atomic mass is 16.5. The van der Waals surface area contributed by atoms with Crippen molar-refractivity contribution in [1.82, 2.24) is 9.97 Å². The minimum absolute atomic E-state index is 0.491. The Hall–Kier alpha value is -3.06. The number of hydrogen-bond donors (Lipinski definition) is 1. The number of nitrogens with one attached hydrogen (secondary N) is 1. The zero-order valence-electron chi connectivity index (χ0n) is 12.2. The Morgan fingerprint density at radius 1 is 1.27 bits per heavy atom. The monoisotopic (exact) mass is 289 g/mol. The number of aromatic nitrogens is 2.